The second-order valence-electron chi connectivity index (χ2n) is 8.02. The number of carbonyl (C=O) groups excluding carboxylic acids is 2. The number of anilines is 2. The minimum absolute atomic E-state index is 0.0235. The fraction of sp³-hybridized carbons (Fsp3) is 0.375. The molecule has 0 saturated heterocycles. The summed E-state index contributed by atoms with van der Waals surface area (Å²) in [5.41, 5.74) is 2.41. The maximum absolute atomic E-state index is 13.2. The second-order valence-corrected chi connectivity index (χ2v) is 8.02. The van der Waals surface area contributed by atoms with Gasteiger partial charge in [0, 0.05) is 29.9 Å². The van der Waals surface area contributed by atoms with Crippen molar-refractivity contribution in [1.29, 1.82) is 5.26 Å². The van der Waals surface area contributed by atoms with Crippen LogP contribution in [-0.2, 0) is 11.3 Å². The first kappa shape index (κ1) is 22.1. The third-order valence-corrected chi connectivity index (χ3v) is 5.93. The van der Waals surface area contributed by atoms with Crippen LogP contribution < -0.4 is 15.4 Å². The molecule has 0 bridgehead atoms. The predicted octanol–water partition coefficient (Wildman–Crippen LogP) is 2.70. The highest BCUT2D eigenvalue weighted by molar-refractivity contribution is 6.05. The van der Waals surface area contributed by atoms with Crippen molar-refractivity contribution >= 4 is 23.5 Å². The van der Waals surface area contributed by atoms with E-state index >= 15 is 0 Å². The highest BCUT2D eigenvalue weighted by Gasteiger charge is 2.35. The zero-order chi connectivity index (χ0) is 23.4. The molecule has 33 heavy (non-hydrogen) atoms. The first-order valence-corrected chi connectivity index (χ1v) is 10.8. The molecule has 0 spiro atoms. The van der Waals surface area contributed by atoms with Gasteiger partial charge >= 0.3 is 0 Å². The second kappa shape index (κ2) is 9.58. The van der Waals surface area contributed by atoms with Crippen LogP contribution in [-0.4, -0.2) is 45.9 Å². The summed E-state index contributed by atoms with van der Waals surface area (Å²) >= 11 is 0. The number of hydrogen-bond donors (Lipinski definition) is 2. The van der Waals surface area contributed by atoms with Gasteiger partial charge in [-0.05, 0) is 56.2 Å². The van der Waals surface area contributed by atoms with Crippen LogP contribution in [0.3, 0.4) is 0 Å². The van der Waals surface area contributed by atoms with Crippen LogP contribution in [0.5, 0.6) is 5.88 Å². The first-order chi connectivity index (χ1) is 16.0. The largest absolute Gasteiger partial charge is 0.480 e. The number of amides is 2. The normalized spacial score (nSPS) is 19.1. The summed E-state index contributed by atoms with van der Waals surface area (Å²) in [5.74, 6) is 5.21. The molecule has 1 aromatic heterocycles. The molecule has 1 aromatic carbocycles. The molecule has 9 heteroatoms. The Kier molecular flexibility index (Phi) is 6.41. The number of aromatic nitrogens is 2. The van der Waals surface area contributed by atoms with Crippen LogP contribution >= 0.6 is 0 Å². The molecule has 0 radical (unpaired) electrons. The summed E-state index contributed by atoms with van der Waals surface area (Å²) in [6, 6.07) is 7.59. The molecule has 9 nitrogen and oxygen atoms in total. The number of benzene rings is 1. The van der Waals surface area contributed by atoms with Gasteiger partial charge < -0.3 is 20.3 Å². The van der Waals surface area contributed by atoms with Gasteiger partial charge in [-0.1, -0.05) is 12.0 Å². The molecular formula is C24H24N6O3. The Morgan fingerprint density at radius 2 is 2.18 bits per heavy atom. The van der Waals surface area contributed by atoms with Crippen molar-refractivity contribution in [2.75, 3.05) is 17.7 Å². The van der Waals surface area contributed by atoms with E-state index in [1.165, 1.54) is 13.3 Å². The molecule has 0 unspecified atom stereocenters. The summed E-state index contributed by atoms with van der Waals surface area (Å²) in [7, 11) is 1.47. The average Bonchev–Trinajstić information content (AvgIpc) is 3.15. The molecule has 2 amide bonds. The highest BCUT2D eigenvalue weighted by atomic mass is 16.5. The zero-order valence-electron chi connectivity index (χ0n) is 18.5. The van der Waals surface area contributed by atoms with Crippen LogP contribution in [0.1, 0.15) is 54.1 Å². The van der Waals surface area contributed by atoms with E-state index in [4.69, 9.17) is 10.00 Å². The van der Waals surface area contributed by atoms with Crippen molar-refractivity contribution in [3.63, 3.8) is 0 Å². The Bertz CT molecular complexity index is 1190. The maximum atomic E-state index is 13.2. The van der Waals surface area contributed by atoms with Crippen molar-refractivity contribution in [3.05, 3.63) is 41.1 Å². The molecule has 2 aromatic rings. The summed E-state index contributed by atoms with van der Waals surface area (Å²) < 4.78 is 5.17. The highest BCUT2D eigenvalue weighted by Crippen LogP contribution is 2.33. The Labute approximate surface area is 192 Å². The van der Waals surface area contributed by atoms with Crippen molar-refractivity contribution in [1.82, 2.24) is 14.9 Å². The lowest BCUT2D eigenvalue weighted by Gasteiger charge is -2.35. The van der Waals surface area contributed by atoms with E-state index in [0.717, 1.165) is 31.2 Å². The van der Waals surface area contributed by atoms with E-state index in [1.807, 2.05) is 17.0 Å². The monoisotopic (exact) mass is 444 g/mol. The summed E-state index contributed by atoms with van der Waals surface area (Å²) in [4.78, 5) is 35.3. The molecule has 2 heterocycles. The van der Waals surface area contributed by atoms with Gasteiger partial charge in [0.1, 0.15) is 11.6 Å². The van der Waals surface area contributed by atoms with Crippen molar-refractivity contribution in [2.24, 2.45) is 0 Å². The van der Waals surface area contributed by atoms with E-state index in [2.05, 4.69) is 32.4 Å². The Hall–Kier alpha value is -4.11. The summed E-state index contributed by atoms with van der Waals surface area (Å²) in [5, 5.41) is 15.1. The number of carbonyl (C=O) groups is 2. The van der Waals surface area contributed by atoms with Crippen LogP contribution in [0.4, 0.5) is 11.6 Å². The molecule has 1 fully saturated rings. The van der Waals surface area contributed by atoms with Crippen LogP contribution in [0.15, 0.2) is 24.4 Å². The topological polar surface area (TPSA) is 120 Å². The van der Waals surface area contributed by atoms with Gasteiger partial charge in [0.15, 0.2) is 0 Å². The first-order valence-electron chi connectivity index (χ1n) is 10.8. The smallest absolute Gasteiger partial charge is 0.300 e. The number of ether oxygens (including phenoxy) is 1. The summed E-state index contributed by atoms with van der Waals surface area (Å²) in [6.07, 6.45) is 5.03. The predicted molar refractivity (Wildman–Crippen MR) is 121 cm³/mol. The van der Waals surface area contributed by atoms with Gasteiger partial charge in [-0.25, -0.2) is 4.98 Å². The molecule has 1 aliphatic heterocycles. The zero-order valence-corrected chi connectivity index (χ0v) is 18.5. The van der Waals surface area contributed by atoms with Crippen molar-refractivity contribution in [2.45, 2.75) is 51.2 Å². The van der Waals surface area contributed by atoms with E-state index < -0.39 is 5.91 Å². The number of nitriles is 1. The number of hydrogen-bond acceptors (Lipinski definition) is 7. The number of nitrogens with zero attached hydrogens (tertiary/aromatic N) is 4. The maximum Gasteiger partial charge on any atom is 0.300 e. The molecule has 2 aliphatic rings. The lowest BCUT2D eigenvalue weighted by molar-refractivity contribution is -0.111. The van der Waals surface area contributed by atoms with Gasteiger partial charge in [-0.2, -0.15) is 10.2 Å². The number of methoxy groups -OCH3 is 1. The Morgan fingerprint density at radius 3 is 2.94 bits per heavy atom. The molecule has 168 valence electrons. The standard InChI is InChI=1S/C24H24N6O3/c1-3-5-21(31)27-18-9-8-15-14-30(23(32)20(15)11-18)19-7-4-6-17(10-19)28-24-26-13-16(12-25)22(29-24)33-2/h8-9,11,13,17,19H,4,6-7,10,14H2,1-2H3,(H,27,31)(H,26,28,29)/t17-,19+/m1/s1. The third kappa shape index (κ3) is 4.73. The number of rotatable bonds is 5. The van der Waals surface area contributed by atoms with Gasteiger partial charge in [0.2, 0.25) is 11.8 Å². The van der Waals surface area contributed by atoms with E-state index in [-0.39, 0.29) is 29.4 Å². The SMILES string of the molecule is CC#CC(=O)Nc1ccc2c(c1)C(=O)N([C@H]1CCC[C@@H](Nc3ncc(C#N)c(OC)n3)C1)C2. The van der Waals surface area contributed by atoms with E-state index in [1.54, 1.807) is 19.1 Å². The number of fused-ring (bicyclic) bond motifs is 1. The van der Waals surface area contributed by atoms with Crippen molar-refractivity contribution < 1.29 is 14.3 Å². The minimum atomic E-state index is -0.400. The van der Waals surface area contributed by atoms with Crippen molar-refractivity contribution in [3.8, 4) is 23.8 Å². The molecule has 1 saturated carbocycles. The number of nitrogens with one attached hydrogen (secondary N) is 2. The molecular weight excluding hydrogens is 420 g/mol. The van der Waals surface area contributed by atoms with E-state index in [9.17, 15) is 9.59 Å². The van der Waals surface area contributed by atoms with Crippen LogP contribution in [0.25, 0.3) is 0 Å². The molecule has 1 aliphatic carbocycles. The Morgan fingerprint density at radius 1 is 1.33 bits per heavy atom. The molecule has 2 atom stereocenters. The lowest BCUT2D eigenvalue weighted by Crippen LogP contribution is -2.42. The fourth-order valence-electron chi connectivity index (χ4n) is 4.40. The molecule has 4 rings (SSSR count). The quantitative estimate of drug-likeness (QED) is 0.680. The van der Waals surface area contributed by atoms with Gasteiger partial charge in [-0.3, -0.25) is 9.59 Å². The van der Waals surface area contributed by atoms with Crippen LogP contribution in [0.2, 0.25) is 0 Å². The average molecular weight is 444 g/mol. The van der Waals surface area contributed by atoms with Gasteiger partial charge in [0.25, 0.3) is 11.8 Å². The van der Waals surface area contributed by atoms with E-state index in [0.29, 0.717) is 23.7 Å². The van der Waals surface area contributed by atoms with Gasteiger partial charge in [-0.15, -0.1) is 0 Å². The Balaban J connectivity index is 1.44. The summed E-state index contributed by atoms with van der Waals surface area (Å²) in [6.45, 7) is 2.15. The van der Waals surface area contributed by atoms with Crippen LogP contribution in [0, 0.1) is 23.2 Å². The molecule has 2 N–H and O–H groups in total. The third-order valence-electron chi connectivity index (χ3n) is 5.93. The minimum Gasteiger partial charge on any atom is -0.480 e. The fourth-order valence-corrected chi connectivity index (χ4v) is 4.40. The lowest BCUT2D eigenvalue weighted by atomic mass is 9.90. The van der Waals surface area contributed by atoms with Gasteiger partial charge in [0.05, 0.1) is 13.3 Å².